The Hall–Kier alpha value is -2.82. The molecule has 0 aromatic heterocycles. The fourth-order valence-corrected chi connectivity index (χ4v) is 6.71. The number of nitrogens with one attached hydrogen (secondary N) is 1. The summed E-state index contributed by atoms with van der Waals surface area (Å²) in [7, 11) is 0. The monoisotopic (exact) mass is 419 g/mol. The first-order valence-electron chi connectivity index (χ1n) is 11.2. The lowest BCUT2D eigenvalue weighted by molar-refractivity contribution is -0.231. The molecule has 3 fully saturated rings. The van der Waals surface area contributed by atoms with E-state index < -0.39 is 18.1 Å². The second-order valence-electron chi connectivity index (χ2n) is 10.2. The molecule has 0 spiro atoms. The van der Waals surface area contributed by atoms with Gasteiger partial charge in [-0.15, -0.1) is 0 Å². The van der Waals surface area contributed by atoms with Crippen molar-refractivity contribution >= 4 is 12.1 Å². The first-order chi connectivity index (χ1) is 14.8. The van der Waals surface area contributed by atoms with Crippen LogP contribution in [-0.4, -0.2) is 29.8 Å². The predicted octanol–water partition coefficient (Wildman–Crippen LogP) is 5.19. The minimum absolute atomic E-state index is 0.0364. The molecule has 2 aromatic carbocycles. The van der Waals surface area contributed by atoms with Gasteiger partial charge in [0.15, 0.2) is 0 Å². The maximum absolute atomic E-state index is 12.6. The van der Waals surface area contributed by atoms with E-state index in [0.29, 0.717) is 11.3 Å². The van der Waals surface area contributed by atoms with E-state index >= 15 is 0 Å². The van der Waals surface area contributed by atoms with Gasteiger partial charge < -0.3 is 15.2 Å². The number of carboxylic acid groups (broad SMARTS) is 1. The van der Waals surface area contributed by atoms with Gasteiger partial charge in [-0.25, -0.2) is 9.59 Å². The fraction of sp³-hybridized carbons (Fsp3) is 0.462. The minimum atomic E-state index is -0.966. The molecule has 162 valence electrons. The summed E-state index contributed by atoms with van der Waals surface area (Å²) in [6, 6.07) is 15.4. The zero-order chi connectivity index (χ0) is 21.8. The van der Waals surface area contributed by atoms with Crippen molar-refractivity contribution in [2.45, 2.75) is 51.5 Å². The number of aliphatic carboxylic acids is 1. The number of benzene rings is 2. The van der Waals surface area contributed by atoms with Crippen molar-refractivity contribution in [1.29, 1.82) is 0 Å². The molecule has 5 heteroatoms. The minimum Gasteiger partial charge on any atom is -0.480 e. The summed E-state index contributed by atoms with van der Waals surface area (Å²) in [5.74, 6) is -0.395. The molecule has 4 aliphatic rings. The van der Waals surface area contributed by atoms with Gasteiger partial charge in [0.1, 0.15) is 12.6 Å². The van der Waals surface area contributed by atoms with Crippen molar-refractivity contribution < 1.29 is 19.4 Å². The number of amides is 1. The van der Waals surface area contributed by atoms with Crippen molar-refractivity contribution in [2.24, 2.45) is 16.7 Å². The van der Waals surface area contributed by atoms with Gasteiger partial charge in [-0.3, -0.25) is 0 Å². The van der Waals surface area contributed by atoms with E-state index in [0.717, 1.165) is 36.8 Å². The Morgan fingerprint density at radius 1 is 1.03 bits per heavy atom. The summed E-state index contributed by atoms with van der Waals surface area (Å²) in [5, 5.41) is 12.5. The highest BCUT2D eigenvalue weighted by Gasteiger charge is 2.71. The van der Waals surface area contributed by atoms with Crippen LogP contribution >= 0.6 is 0 Å². The molecule has 6 rings (SSSR count). The molecule has 4 aliphatic carbocycles. The van der Waals surface area contributed by atoms with Crippen molar-refractivity contribution in [3.8, 4) is 11.1 Å². The molecular weight excluding hydrogens is 390 g/mol. The van der Waals surface area contributed by atoms with Crippen LogP contribution < -0.4 is 5.32 Å². The lowest BCUT2D eigenvalue weighted by Crippen LogP contribution is -2.71. The number of carbonyl (C=O) groups is 2. The zero-order valence-corrected chi connectivity index (χ0v) is 18.1. The Morgan fingerprint density at radius 2 is 1.58 bits per heavy atom. The van der Waals surface area contributed by atoms with E-state index in [1.54, 1.807) is 0 Å². The van der Waals surface area contributed by atoms with E-state index in [9.17, 15) is 14.7 Å². The molecule has 2 bridgehead atoms. The SMILES string of the molecule is CC(C)CC12CC(C(NC(=O)OCC3c4ccccc4-c4ccccc43)C(=O)O)(C1)C2. The third-order valence-electron chi connectivity index (χ3n) is 7.49. The molecule has 1 atom stereocenters. The van der Waals surface area contributed by atoms with Crippen LogP contribution in [0.3, 0.4) is 0 Å². The summed E-state index contributed by atoms with van der Waals surface area (Å²) in [6.07, 6.45) is 3.15. The van der Waals surface area contributed by atoms with Crippen LogP contribution in [0, 0.1) is 16.7 Å². The molecule has 1 unspecified atom stereocenters. The Balaban J connectivity index is 1.24. The van der Waals surface area contributed by atoms with Gasteiger partial charge in [0, 0.05) is 11.3 Å². The molecule has 31 heavy (non-hydrogen) atoms. The topological polar surface area (TPSA) is 75.6 Å². The number of carbonyl (C=O) groups excluding carboxylic acids is 1. The van der Waals surface area contributed by atoms with Gasteiger partial charge in [0.05, 0.1) is 0 Å². The number of hydrogen-bond donors (Lipinski definition) is 2. The maximum atomic E-state index is 12.6. The normalized spacial score (nSPS) is 26.3. The Morgan fingerprint density at radius 3 is 2.10 bits per heavy atom. The van der Waals surface area contributed by atoms with Gasteiger partial charge in [-0.2, -0.15) is 0 Å². The molecular formula is C26H29NO4. The van der Waals surface area contributed by atoms with Crippen LogP contribution in [0.5, 0.6) is 0 Å². The molecule has 1 amide bonds. The molecule has 0 heterocycles. The second-order valence-corrected chi connectivity index (χ2v) is 10.2. The zero-order valence-electron chi connectivity index (χ0n) is 18.1. The van der Waals surface area contributed by atoms with Crippen molar-refractivity contribution in [2.75, 3.05) is 6.61 Å². The maximum Gasteiger partial charge on any atom is 0.407 e. The number of ether oxygens (including phenoxy) is 1. The molecule has 0 aliphatic heterocycles. The average molecular weight is 420 g/mol. The summed E-state index contributed by atoms with van der Waals surface area (Å²) >= 11 is 0. The van der Waals surface area contributed by atoms with E-state index in [1.807, 2.05) is 24.3 Å². The lowest BCUT2D eigenvalue weighted by atomic mass is 9.32. The van der Waals surface area contributed by atoms with E-state index in [1.165, 1.54) is 11.1 Å². The lowest BCUT2D eigenvalue weighted by Gasteiger charge is -2.73. The molecule has 3 saturated carbocycles. The van der Waals surface area contributed by atoms with Gasteiger partial charge in [0.25, 0.3) is 0 Å². The standard InChI is InChI=1S/C26H29NO4/c1-16(2)11-25-13-26(14-25,15-25)22(23(28)29)27-24(30)31-12-21-19-9-5-3-7-17(19)18-8-4-6-10-20(18)21/h3-10,16,21-22H,11-15H2,1-2H3,(H,27,30)(H,28,29). The largest absolute Gasteiger partial charge is 0.480 e. The molecule has 0 radical (unpaired) electrons. The first-order valence-corrected chi connectivity index (χ1v) is 11.2. The van der Waals surface area contributed by atoms with Crippen LogP contribution in [0.2, 0.25) is 0 Å². The highest BCUT2D eigenvalue weighted by molar-refractivity contribution is 5.82. The number of carboxylic acids is 1. The average Bonchev–Trinajstić information content (AvgIpc) is 3.00. The van der Waals surface area contributed by atoms with Crippen molar-refractivity contribution in [3.05, 3.63) is 59.7 Å². The summed E-state index contributed by atoms with van der Waals surface area (Å²) < 4.78 is 5.58. The number of rotatable bonds is 7. The smallest absolute Gasteiger partial charge is 0.407 e. The van der Waals surface area contributed by atoms with Gasteiger partial charge in [-0.1, -0.05) is 62.4 Å². The second kappa shape index (κ2) is 7.11. The van der Waals surface area contributed by atoms with Crippen LogP contribution in [0.1, 0.15) is 56.6 Å². The number of alkyl carbamates (subject to hydrolysis) is 1. The Labute approximate surface area is 182 Å². The van der Waals surface area contributed by atoms with E-state index in [2.05, 4.69) is 43.4 Å². The number of hydrogen-bond acceptors (Lipinski definition) is 3. The highest BCUT2D eigenvalue weighted by Crippen LogP contribution is 2.76. The fourth-order valence-electron chi connectivity index (χ4n) is 6.71. The van der Waals surface area contributed by atoms with Crippen molar-refractivity contribution in [1.82, 2.24) is 5.32 Å². The Bertz CT molecular complexity index is 978. The van der Waals surface area contributed by atoms with Crippen LogP contribution in [0.15, 0.2) is 48.5 Å². The molecule has 5 nitrogen and oxygen atoms in total. The van der Waals surface area contributed by atoms with Gasteiger partial charge >= 0.3 is 12.1 Å². The predicted molar refractivity (Wildman–Crippen MR) is 118 cm³/mol. The Kier molecular flexibility index (Phi) is 4.61. The molecule has 2 N–H and O–H groups in total. The van der Waals surface area contributed by atoms with Crippen LogP contribution in [-0.2, 0) is 9.53 Å². The van der Waals surface area contributed by atoms with Gasteiger partial charge in [0.2, 0.25) is 0 Å². The summed E-state index contributed by atoms with van der Waals surface area (Å²) in [5.41, 5.74) is 4.61. The van der Waals surface area contributed by atoms with Crippen LogP contribution in [0.25, 0.3) is 11.1 Å². The van der Waals surface area contributed by atoms with Gasteiger partial charge in [-0.05, 0) is 59.3 Å². The van der Waals surface area contributed by atoms with Crippen molar-refractivity contribution in [3.63, 3.8) is 0 Å². The van der Waals surface area contributed by atoms with E-state index in [-0.39, 0.29) is 17.9 Å². The quantitative estimate of drug-likeness (QED) is 0.647. The third-order valence-corrected chi connectivity index (χ3v) is 7.49. The number of fused-ring (bicyclic) bond motifs is 3. The van der Waals surface area contributed by atoms with E-state index in [4.69, 9.17) is 4.74 Å². The summed E-state index contributed by atoms with van der Waals surface area (Å²) in [4.78, 5) is 24.5. The molecule has 2 aromatic rings. The van der Waals surface area contributed by atoms with Crippen LogP contribution in [0.4, 0.5) is 4.79 Å². The summed E-state index contributed by atoms with van der Waals surface area (Å²) in [6.45, 7) is 4.60. The first kappa shape index (κ1) is 20.1. The highest BCUT2D eigenvalue weighted by atomic mass is 16.5. The third kappa shape index (κ3) is 3.22. The molecule has 0 saturated heterocycles.